The van der Waals surface area contributed by atoms with Crippen molar-refractivity contribution in [2.75, 3.05) is 19.0 Å². The number of ether oxygens (including phenoxy) is 2. The Kier molecular flexibility index (Phi) is 6.40. The van der Waals surface area contributed by atoms with E-state index in [-0.39, 0.29) is 5.91 Å². The summed E-state index contributed by atoms with van der Waals surface area (Å²) in [6.07, 6.45) is 2.09. The minimum Gasteiger partial charge on any atom is -0.497 e. The highest BCUT2D eigenvalue weighted by molar-refractivity contribution is 6.05. The molecule has 6 heteroatoms. The summed E-state index contributed by atoms with van der Waals surface area (Å²) in [5.74, 6) is 1.78. The van der Waals surface area contributed by atoms with Gasteiger partial charge >= 0.3 is 0 Å². The van der Waals surface area contributed by atoms with Gasteiger partial charge in [-0.25, -0.2) is 4.98 Å². The van der Waals surface area contributed by atoms with Crippen LogP contribution in [0.15, 0.2) is 65.1 Å². The number of aryl methyl sites for hydroxylation is 1. The first-order chi connectivity index (χ1) is 15.6. The zero-order valence-corrected chi connectivity index (χ0v) is 18.5. The SMILES string of the molecule is CCCCOc1ccc(C(=O)Nc2cc(-c3nc4cc(OC)ccc4o3)ccc2C)cc1. The van der Waals surface area contributed by atoms with Gasteiger partial charge in [-0.05, 0) is 67.4 Å². The molecule has 1 heterocycles. The smallest absolute Gasteiger partial charge is 0.255 e. The maximum absolute atomic E-state index is 12.8. The fraction of sp³-hybridized carbons (Fsp3) is 0.231. The molecule has 0 aliphatic carbocycles. The summed E-state index contributed by atoms with van der Waals surface area (Å²) in [4.78, 5) is 17.4. The highest BCUT2D eigenvalue weighted by Gasteiger charge is 2.13. The third kappa shape index (κ3) is 4.75. The van der Waals surface area contributed by atoms with Crippen LogP contribution >= 0.6 is 0 Å². The average molecular weight is 431 g/mol. The summed E-state index contributed by atoms with van der Waals surface area (Å²) < 4.78 is 16.8. The zero-order chi connectivity index (χ0) is 22.5. The Labute approximate surface area is 187 Å². The molecule has 0 saturated heterocycles. The van der Waals surface area contributed by atoms with Crippen LogP contribution in [0.5, 0.6) is 11.5 Å². The third-order valence-corrected chi connectivity index (χ3v) is 5.21. The number of fused-ring (bicyclic) bond motifs is 1. The second-order valence-corrected chi connectivity index (χ2v) is 7.56. The molecule has 1 N–H and O–H groups in total. The fourth-order valence-electron chi connectivity index (χ4n) is 3.28. The van der Waals surface area contributed by atoms with Crippen molar-refractivity contribution in [2.45, 2.75) is 26.7 Å². The fourth-order valence-corrected chi connectivity index (χ4v) is 3.28. The van der Waals surface area contributed by atoms with E-state index in [4.69, 9.17) is 13.9 Å². The lowest BCUT2D eigenvalue weighted by atomic mass is 10.1. The predicted molar refractivity (Wildman–Crippen MR) is 126 cm³/mol. The van der Waals surface area contributed by atoms with Gasteiger partial charge in [-0.2, -0.15) is 0 Å². The van der Waals surface area contributed by atoms with E-state index in [0.29, 0.717) is 34.8 Å². The molecule has 0 radical (unpaired) electrons. The molecule has 0 bridgehead atoms. The summed E-state index contributed by atoms with van der Waals surface area (Å²) in [6, 6.07) is 18.4. The highest BCUT2D eigenvalue weighted by Crippen LogP contribution is 2.30. The minimum atomic E-state index is -0.187. The van der Waals surface area contributed by atoms with Gasteiger partial charge in [0, 0.05) is 22.9 Å². The topological polar surface area (TPSA) is 73.6 Å². The van der Waals surface area contributed by atoms with Gasteiger partial charge in [-0.15, -0.1) is 0 Å². The number of aromatic nitrogens is 1. The van der Waals surface area contributed by atoms with Crippen LogP contribution in [0, 0.1) is 6.92 Å². The molecule has 32 heavy (non-hydrogen) atoms. The van der Waals surface area contributed by atoms with Crippen molar-refractivity contribution in [1.82, 2.24) is 4.98 Å². The Hall–Kier alpha value is -3.80. The summed E-state index contributed by atoms with van der Waals surface area (Å²) in [5.41, 5.74) is 4.38. The van der Waals surface area contributed by atoms with E-state index in [1.54, 1.807) is 19.2 Å². The average Bonchev–Trinajstić information content (AvgIpc) is 3.24. The largest absolute Gasteiger partial charge is 0.497 e. The first-order valence-corrected chi connectivity index (χ1v) is 10.7. The first kappa shape index (κ1) is 21.4. The molecule has 3 aromatic carbocycles. The summed E-state index contributed by atoms with van der Waals surface area (Å²) in [5, 5.41) is 2.99. The molecule has 1 amide bonds. The maximum Gasteiger partial charge on any atom is 0.255 e. The van der Waals surface area contributed by atoms with Gasteiger partial charge in [0.05, 0.1) is 13.7 Å². The second-order valence-electron chi connectivity index (χ2n) is 7.56. The Morgan fingerprint density at radius 3 is 2.56 bits per heavy atom. The molecule has 0 fully saturated rings. The molecule has 0 unspecified atom stereocenters. The van der Waals surface area contributed by atoms with Gasteiger partial charge in [0.15, 0.2) is 5.58 Å². The molecular weight excluding hydrogens is 404 g/mol. The number of carbonyl (C=O) groups excluding carboxylic acids is 1. The number of anilines is 1. The van der Waals surface area contributed by atoms with E-state index in [2.05, 4.69) is 17.2 Å². The van der Waals surface area contributed by atoms with Crippen molar-refractivity contribution in [3.8, 4) is 23.0 Å². The molecule has 0 aliphatic heterocycles. The maximum atomic E-state index is 12.8. The van der Waals surface area contributed by atoms with Crippen LogP contribution in [-0.2, 0) is 0 Å². The van der Waals surface area contributed by atoms with Crippen LogP contribution in [0.1, 0.15) is 35.7 Å². The van der Waals surface area contributed by atoms with Crippen LogP contribution in [0.2, 0.25) is 0 Å². The van der Waals surface area contributed by atoms with Crippen molar-refractivity contribution >= 4 is 22.7 Å². The number of benzene rings is 3. The van der Waals surface area contributed by atoms with E-state index in [1.807, 2.05) is 55.5 Å². The van der Waals surface area contributed by atoms with Gasteiger partial charge in [-0.1, -0.05) is 19.4 Å². The highest BCUT2D eigenvalue weighted by atomic mass is 16.5. The Bertz CT molecular complexity index is 1230. The van der Waals surface area contributed by atoms with E-state index in [1.165, 1.54) is 0 Å². The molecule has 0 atom stereocenters. The number of hydrogen-bond donors (Lipinski definition) is 1. The second kappa shape index (κ2) is 9.56. The molecule has 6 nitrogen and oxygen atoms in total. The molecule has 0 saturated carbocycles. The van der Waals surface area contributed by atoms with Crippen molar-refractivity contribution in [2.24, 2.45) is 0 Å². The number of unbranched alkanes of at least 4 members (excludes halogenated alkanes) is 1. The monoisotopic (exact) mass is 430 g/mol. The molecule has 0 spiro atoms. The van der Waals surface area contributed by atoms with Crippen LogP contribution in [0.4, 0.5) is 5.69 Å². The van der Waals surface area contributed by atoms with Crippen LogP contribution in [0.25, 0.3) is 22.6 Å². The summed E-state index contributed by atoms with van der Waals surface area (Å²) in [6.45, 7) is 4.74. The number of nitrogens with one attached hydrogen (secondary N) is 1. The standard InChI is InChI=1S/C26H26N2O4/c1-4-5-14-31-20-10-8-18(9-11-20)25(29)27-22-15-19(7-6-17(22)2)26-28-23-16-21(30-3)12-13-24(23)32-26/h6-13,15-16H,4-5,14H2,1-3H3,(H,27,29). The van der Waals surface area contributed by atoms with Gasteiger partial charge < -0.3 is 19.2 Å². The van der Waals surface area contributed by atoms with Crippen molar-refractivity contribution in [3.63, 3.8) is 0 Å². The minimum absolute atomic E-state index is 0.187. The Morgan fingerprint density at radius 1 is 1.03 bits per heavy atom. The van der Waals surface area contributed by atoms with E-state index >= 15 is 0 Å². The normalized spacial score (nSPS) is 10.8. The lowest BCUT2D eigenvalue weighted by Gasteiger charge is -2.10. The Morgan fingerprint density at radius 2 is 1.81 bits per heavy atom. The lowest BCUT2D eigenvalue weighted by molar-refractivity contribution is 0.102. The van der Waals surface area contributed by atoms with Crippen molar-refractivity contribution in [3.05, 3.63) is 71.8 Å². The molecule has 0 aliphatic rings. The summed E-state index contributed by atoms with van der Waals surface area (Å²) >= 11 is 0. The number of oxazole rings is 1. The number of nitrogens with zero attached hydrogens (tertiary/aromatic N) is 1. The Balaban J connectivity index is 1.52. The van der Waals surface area contributed by atoms with Crippen molar-refractivity contribution in [1.29, 1.82) is 0 Å². The number of hydrogen-bond acceptors (Lipinski definition) is 5. The number of rotatable bonds is 8. The summed E-state index contributed by atoms with van der Waals surface area (Å²) in [7, 11) is 1.62. The predicted octanol–water partition coefficient (Wildman–Crippen LogP) is 6.24. The molecule has 1 aromatic heterocycles. The number of methoxy groups -OCH3 is 1. The zero-order valence-electron chi connectivity index (χ0n) is 18.5. The van der Waals surface area contributed by atoms with E-state index in [9.17, 15) is 4.79 Å². The van der Waals surface area contributed by atoms with Crippen LogP contribution in [0.3, 0.4) is 0 Å². The van der Waals surface area contributed by atoms with Gasteiger partial charge in [0.1, 0.15) is 17.0 Å². The molecule has 4 rings (SSSR count). The van der Waals surface area contributed by atoms with E-state index < -0.39 is 0 Å². The van der Waals surface area contributed by atoms with E-state index in [0.717, 1.165) is 35.5 Å². The van der Waals surface area contributed by atoms with Crippen LogP contribution < -0.4 is 14.8 Å². The third-order valence-electron chi connectivity index (χ3n) is 5.21. The van der Waals surface area contributed by atoms with Crippen LogP contribution in [-0.4, -0.2) is 24.6 Å². The van der Waals surface area contributed by atoms with Crippen molar-refractivity contribution < 1.29 is 18.7 Å². The number of carbonyl (C=O) groups is 1. The lowest BCUT2D eigenvalue weighted by Crippen LogP contribution is -2.12. The van der Waals surface area contributed by atoms with Gasteiger partial charge in [0.25, 0.3) is 5.91 Å². The first-order valence-electron chi connectivity index (χ1n) is 10.7. The van der Waals surface area contributed by atoms with Gasteiger partial charge in [-0.3, -0.25) is 4.79 Å². The number of amides is 1. The molecule has 164 valence electrons. The van der Waals surface area contributed by atoms with Gasteiger partial charge in [0.2, 0.25) is 5.89 Å². The quantitative estimate of drug-likeness (QED) is 0.335. The molecule has 4 aromatic rings. The molecular formula is C26H26N2O4.